The van der Waals surface area contributed by atoms with E-state index in [0.29, 0.717) is 17.2 Å². The summed E-state index contributed by atoms with van der Waals surface area (Å²) in [6.45, 7) is 5.18. The Labute approximate surface area is 143 Å². The van der Waals surface area contributed by atoms with Crippen LogP contribution >= 0.6 is 0 Å². The van der Waals surface area contributed by atoms with E-state index in [4.69, 9.17) is 5.73 Å². The maximum atomic E-state index is 12.4. The number of nitrogen functional groups attached to an aromatic ring is 1. The SMILES string of the molecule is CC(NC(=O)c1cccc(N)c1)C1CCN(Cc2ccccc2)C1. The van der Waals surface area contributed by atoms with Gasteiger partial charge in [-0.1, -0.05) is 36.4 Å². The van der Waals surface area contributed by atoms with Crippen molar-refractivity contribution in [1.29, 1.82) is 0 Å². The van der Waals surface area contributed by atoms with Crippen LogP contribution < -0.4 is 11.1 Å². The van der Waals surface area contributed by atoms with Crippen LogP contribution in [0.15, 0.2) is 54.6 Å². The van der Waals surface area contributed by atoms with Crippen molar-refractivity contribution in [3.05, 3.63) is 65.7 Å². The van der Waals surface area contributed by atoms with Crippen molar-refractivity contribution in [2.45, 2.75) is 25.9 Å². The van der Waals surface area contributed by atoms with Gasteiger partial charge in [-0.2, -0.15) is 0 Å². The molecule has 4 nitrogen and oxygen atoms in total. The summed E-state index contributed by atoms with van der Waals surface area (Å²) in [7, 11) is 0. The van der Waals surface area contributed by atoms with Crippen molar-refractivity contribution in [3.63, 3.8) is 0 Å². The van der Waals surface area contributed by atoms with E-state index in [1.54, 1.807) is 18.2 Å². The first-order chi connectivity index (χ1) is 11.6. The molecule has 126 valence electrons. The molecular formula is C20H25N3O. The molecular weight excluding hydrogens is 298 g/mol. The number of nitrogens with zero attached hydrogens (tertiary/aromatic N) is 1. The molecule has 1 aliphatic heterocycles. The van der Waals surface area contributed by atoms with Gasteiger partial charge in [0, 0.05) is 30.4 Å². The molecule has 2 aromatic carbocycles. The fourth-order valence-corrected chi connectivity index (χ4v) is 3.34. The Morgan fingerprint density at radius 2 is 2.04 bits per heavy atom. The van der Waals surface area contributed by atoms with E-state index in [1.807, 2.05) is 12.1 Å². The van der Waals surface area contributed by atoms with Crippen LogP contribution in [0.25, 0.3) is 0 Å². The van der Waals surface area contributed by atoms with Crippen molar-refractivity contribution < 1.29 is 4.79 Å². The van der Waals surface area contributed by atoms with Crippen LogP contribution in [-0.2, 0) is 6.54 Å². The lowest BCUT2D eigenvalue weighted by atomic mass is 10.00. The third-order valence-corrected chi connectivity index (χ3v) is 4.77. The molecule has 24 heavy (non-hydrogen) atoms. The largest absolute Gasteiger partial charge is 0.399 e. The number of carbonyl (C=O) groups excluding carboxylic acids is 1. The Balaban J connectivity index is 1.53. The summed E-state index contributed by atoms with van der Waals surface area (Å²) < 4.78 is 0. The zero-order valence-corrected chi connectivity index (χ0v) is 14.1. The average molecular weight is 323 g/mol. The zero-order chi connectivity index (χ0) is 16.9. The monoisotopic (exact) mass is 323 g/mol. The molecule has 1 fully saturated rings. The number of rotatable bonds is 5. The zero-order valence-electron chi connectivity index (χ0n) is 14.1. The highest BCUT2D eigenvalue weighted by molar-refractivity contribution is 5.95. The first-order valence-electron chi connectivity index (χ1n) is 8.54. The normalized spacial score (nSPS) is 19.1. The predicted molar refractivity (Wildman–Crippen MR) is 97.6 cm³/mol. The van der Waals surface area contributed by atoms with Gasteiger partial charge in [-0.15, -0.1) is 0 Å². The molecule has 0 aliphatic carbocycles. The summed E-state index contributed by atoms with van der Waals surface area (Å²) in [5.41, 5.74) is 8.34. The van der Waals surface area contributed by atoms with E-state index in [0.717, 1.165) is 26.1 Å². The summed E-state index contributed by atoms with van der Waals surface area (Å²) in [6, 6.07) is 17.8. The number of nitrogens with one attached hydrogen (secondary N) is 1. The van der Waals surface area contributed by atoms with Crippen LogP contribution in [0.3, 0.4) is 0 Å². The van der Waals surface area contributed by atoms with Crippen molar-refractivity contribution in [2.24, 2.45) is 5.92 Å². The number of nitrogens with two attached hydrogens (primary N) is 1. The number of carbonyl (C=O) groups is 1. The Morgan fingerprint density at radius 1 is 1.25 bits per heavy atom. The molecule has 3 N–H and O–H groups in total. The Morgan fingerprint density at radius 3 is 2.79 bits per heavy atom. The Kier molecular flexibility index (Phi) is 5.16. The highest BCUT2D eigenvalue weighted by Gasteiger charge is 2.28. The topological polar surface area (TPSA) is 58.4 Å². The van der Waals surface area contributed by atoms with Gasteiger partial charge in [-0.3, -0.25) is 9.69 Å². The number of hydrogen-bond acceptors (Lipinski definition) is 3. The van der Waals surface area contributed by atoms with E-state index in [2.05, 4.69) is 41.4 Å². The van der Waals surface area contributed by atoms with E-state index >= 15 is 0 Å². The average Bonchev–Trinajstić information content (AvgIpc) is 3.04. The molecule has 1 aliphatic rings. The molecule has 2 aromatic rings. The third-order valence-electron chi connectivity index (χ3n) is 4.77. The third kappa shape index (κ3) is 4.15. The van der Waals surface area contributed by atoms with Crippen LogP contribution in [-0.4, -0.2) is 29.9 Å². The van der Waals surface area contributed by atoms with Gasteiger partial charge in [0.1, 0.15) is 0 Å². The second-order valence-electron chi connectivity index (χ2n) is 6.66. The first kappa shape index (κ1) is 16.5. The van der Waals surface area contributed by atoms with E-state index in [1.165, 1.54) is 5.56 Å². The van der Waals surface area contributed by atoms with Gasteiger partial charge in [-0.05, 0) is 49.6 Å². The number of amides is 1. The predicted octanol–water partition coefficient (Wildman–Crippen LogP) is 2.91. The van der Waals surface area contributed by atoms with E-state index in [9.17, 15) is 4.79 Å². The molecule has 1 saturated heterocycles. The highest BCUT2D eigenvalue weighted by Crippen LogP contribution is 2.22. The van der Waals surface area contributed by atoms with Gasteiger partial charge >= 0.3 is 0 Å². The molecule has 4 heteroatoms. The van der Waals surface area contributed by atoms with Gasteiger partial charge in [-0.25, -0.2) is 0 Å². The maximum absolute atomic E-state index is 12.4. The highest BCUT2D eigenvalue weighted by atomic mass is 16.1. The molecule has 0 aromatic heterocycles. The quantitative estimate of drug-likeness (QED) is 0.832. The van der Waals surface area contributed by atoms with Crippen molar-refractivity contribution >= 4 is 11.6 Å². The van der Waals surface area contributed by atoms with Crippen molar-refractivity contribution in [2.75, 3.05) is 18.8 Å². The summed E-state index contributed by atoms with van der Waals surface area (Å²) in [4.78, 5) is 14.8. The molecule has 0 spiro atoms. The minimum Gasteiger partial charge on any atom is -0.399 e. The summed E-state index contributed by atoms with van der Waals surface area (Å²) in [5.74, 6) is 0.440. The van der Waals surface area contributed by atoms with Crippen LogP contribution in [0.2, 0.25) is 0 Å². The number of hydrogen-bond donors (Lipinski definition) is 2. The first-order valence-corrected chi connectivity index (χ1v) is 8.54. The van der Waals surface area contributed by atoms with Crippen LogP contribution in [0.4, 0.5) is 5.69 Å². The minimum absolute atomic E-state index is 0.0451. The standard InChI is InChI=1S/C20H25N3O/c1-15(22-20(24)17-8-5-9-19(21)12-17)18-10-11-23(14-18)13-16-6-3-2-4-7-16/h2-9,12,15,18H,10-11,13-14,21H2,1H3,(H,22,24). The van der Waals surface area contributed by atoms with Gasteiger partial charge in [0.05, 0.1) is 0 Å². The Bertz CT molecular complexity index is 686. The summed E-state index contributed by atoms with van der Waals surface area (Å²) in [5, 5.41) is 3.13. The Hall–Kier alpha value is -2.33. The fraction of sp³-hybridized carbons (Fsp3) is 0.350. The van der Waals surface area contributed by atoms with Crippen LogP contribution in [0, 0.1) is 5.92 Å². The number of benzene rings is 2. The summed E-state index contributed by atoms with van der Waals surface area (Å²) >= 11 is 0. The molecule has 2 unspecified atom stereocenters. The molecule has 0 bridgehead atoms. The van der Waals surface area contributed by atoms with Gasteiger partial charge < -0.3 is 11.1 Å². The van der Waals surface area contributed by atoms with E-state index < -0.39 is 0 Å². The molecule has 0 radical (unpaired) electrons. The molecule has 0 saturated carbocycles. The molecule has 3 rings (SSSR count). The molecule has 1 heterocycles. The minimum atomic E-state index is -0.0451. The van der Waals surface area contributed by atoms with E-state index in [-0.39, 0.29) is 11.9 Å². The van der Waals surface area contributed by atoms with Crippen LogP contribution in [0.1, 0.15) is 29.3 Å². The number of likely N-dealkylation sites (tertiary alicyclic amines) is 1. The second kappa shape index (κ2) is 7.49. The maximum Gasteiger partial charge on any atom is 0.251 e. The second-order valence-corrected chi connectivity index (χ2v) is 6.66. The van der Waals surface area contributed by atoms with Gasteiger partial charge in [0.15, 0.2) is 0 Å². The van der Waals surface area contributed by atoms with Gasteiger partial charge in [0.2, 0.25) is 0 Å². The summed E-state index contributed by atoms with van der Waals surface area (Å²) in [6.07, 6.45) is 1.12. The smallest absolute Gasteiger partial charge is 0.251 e. The van der Waals surface area contributed by atoms with Crippen LogP contribution in [0.5, 0.6) is 0 Å². The van der Waals surface area contributed by atoms with Crippen molar-refractivity contribution in [1.82, 2.24) is 10.2 Å². The number of anilines is 1. The lowest BCUT2D eigenvalue weighted by Crippen LogP contribution is -2.39. The lowest BCUT2D eigenvalue weighted by molar-refractivity contribution is 0.0927. The molecule has 2 atom stereocenters. The molecule has 1 amide bonds. The lowest BCUT2D eigenvalue weighted by Gasteiger charge is -2.22. The van der Waals surface area contributed by atoms with Gasteiger partial charge in [0.25, 0.3) is 5.91 Å². The van der Waals surface area contributed by atoms with Crippen molar-refractivity contribution in [3.8, 4) is 0 Å². The fourth-order valence-electron chi connectivity index (χ4n) is 3.34.